The molecular weight excluding hydrogens is 565 g/mol. The number of aliphatic imine (C=N–C) groups is 2. The molecule has 2 aromatic heterocycles. The van der Waals surface area contributed by atoms with E-state index in [1.165, 1.54) is 35.5 Å². The van der Waals surface area contributed by atoms with E-state index < -0.39 is 11.2 Å². The van der Waals surface area contributed by atoms with Gasteiger partial charge in [0.1, 0.15) is 45.9 Å². The summed E-state index contributed by atoms with van der Waals surface area (Å²) in [4.78, 5) is 13.8. The molecule has 4 aliphatic rings. The zero-order valence-electron chi connectivity index (χ0n) is 22.7. The zero-order chi connectivity index (χ0) is 28.9. The molecule has 2 aliphatic heterocycles. The van der Waals surface area contributed by atoms with E-state index in [1.807, 2.05) is 30.3 Å². The number of amidine groups is 1. The first-order chi connectivity index (χ1) is 20.5. The molecule has 2 spiro atoms. The standard InChI is InChI=1S/C32H24N6O2S2/c1-36-26(18-35)38-28-15-25-30(42-28)21-13-22-20(12-23(21)32(40-25)10-6-3-7-11-32)29-24(39-31(22)8-4-2-5-9-31)14-27(41-29)37-19(16-33)17-34/h12-15H,2-11H2/b38-26-. The summed E-state index contributed by atoms with van der Waals surface area (Å²) in [6.45, 7) is 7.27. The smallest absolute Gasteiger partial charge is 0.350 e. The van der Waals surface area contributed by atoms with Crippen molar-refractivity contribution in [2.24, 2.45) is 9.98 Å². The molecule has 42 heavy (non-hydrogen) atoms. The predicted octanol–water partition coefficient (Wildman–Crippen LogP) is 8.84. The van der Waals surface area contributed by atoms with Crippen molar-refractivity contribution < 1.29 is 9.47 Å². The quantitative estimate of drug-likeness (QED) is 0.168. The summed E-state index contributed by atoms with van der Waals surface area (Å²) in [5.74, 6) is 1.33. The first kappa shape index (κ1) is 26.4. The number of fused-ring (bicyclic) bond motifs is 8. The van der Waals surface area contributed by atoms with Crippen molar-refractivity contribution in [2.45, 2.75) is 75.4 Å². The lowest BCUT2D eigenvalue weighted by Gasteiger charge is -2.45. The molecule has 0 atom stereocenters. The van der Waals surface area contributed by atoms with Gasteiger partial charge in [-0.15, -0.1) is 11.3 Å². The number of thiophene rings is 2. The lowest BCUT2D eigenvalue weighted by Crippen LogP contribution is -2.40. The van der Waals surface area contributed by atoms with E-state index in [0.29, 0.717) is 10.0 Å². The SMILES string of the molecule is [C-]#[N+]/C(C#N)=N\c1cc2c(s1)-c1cc3c(cc1C1(CCCCC1)O2)-c1sc(N=C(C#N)C#N)cc1OC31CCCCC1. The number of hydrogen-bond acceptors (Lipinski definition) is 9. The molecule has 0 N–H and O–H groups in total. The van der Waals surface area contributed by atoms with Gasteiger partial charge in [0.15, 0.2) is 0 Å². The minimum absolute atomic E-state index is 0.178. The van der Waals surface area contributed by atoms with Crippen LogP contribution in [0, 0.1) is 40.6 Å². The predicted molar refractivity (Wildman–Crippen MR) is 161 cm³/mol. The van der Waals surface area contributed by atoms with Crippen LogP contribution in [-0.4, -0.2) is 11.5 Å². The molecule has 1 aromatic carbocycles. The molecule has 0 unspecified atom stereocenters. The minimum atomic E-state index is -0.473. The monoisotopic (exact) mass is 588 g/mol. The van der Waals surface area contributed by atoms with E-state index in [9.17, 15) is 15.8 Å². The van der Waals surface area contributed by atoms with Gasteiger partial charge in [-0.2, -0.15) is 10.5 Å². The molecule has 0 radical (unpaired) electrons. The van der Waals surface area contributed by atoms with E-state index in [2.05, 4.69) is 27.0 Å². The molecule has 0 amide bonds. The number of rotatable bonds is 2. The highest BCUT2D eigenvalue weighted by atomic mass is 32.1. The Bertz CT molecular complexity index is 1690. The Morgan fingerprint density at radius 3 is 1.62 bits per heavy atom. The Kier molecular flexibility index (Phi) is 6.36. The minimum Gasteiger partial charge on any atom is -0.481 e. The largest absolute Gasteiger partial charge is 0.481 e. The van der Waals surface area contributed by atoms with Crippen LogP contribution in [0.3, 0.4) is 0 Å². The summed E-state index contributed by atoms with van der Waals surface area (Å²) in [6.07, 6.45) is 10.2. The second kappa shape index (κ2) is 10.1. The summed E-state index contributed by atoms with van der Waals surface area (Å²) >= 11 is 2.89. The topological polar surface area (TPSA) is 119 Å². The van der Waals surface area contributed by atoms with E-state index in [4.69, 9.17) is 16.0 Å². The third-order valence-electron chi connectivity index (χ3n) is 8.79. The molecule has 2 saturated carbocycles. The molecule has 4 heterocycles. The second-order valence-corrected chi connectivity index (χ2v) is 13.2. The molecule has 10 heteroatoms. The average molecular weight is 589 g/mol. The van der Waals surface area contributed by atoms with Crippen molar-refractivity contribution in [3.8, 4) is 50.6 Å². The molecule has 2 fully saturated rings. The van der Waals surface area contributed by atoms with Crippen molar-refractivity contribution in [1.82, 2.24) is 0 Å². The molecule has 0 saturated heterocycles. The molecule has 3 aromatic rings. The fourth-order valence-electron chi connectivity index (χ4n) is 6.97. The lowest BCUT2D eigenvalue weighted by molar-refractivity contribution is 0.0206. The third-order valence-corrected chi connectivity index (χ3v) is 10.9. The van der Waals surface area contributed by atoms with E-state index >= 15 is 0 Å². The van der Waals surface area contributed by atoms with Gasteiger partial charge in [0.25, 0.3) is 0 Å². The number of nitrogens with zero attached hydrogens (tertiary/aromatic N) is 6. The Balaban J connectivity index is 1.47. The Labute approximate surface area is 251 Å². The van der Waals surface area contributed by atoms with Gasteiger partial charge in [-0.1, -0.05) is 35.7 Å². The summed E-state index contributed by atoms with van der Waals surface area (Å²) in [6, 6.07) is 13.9. The van der Waals surface area contributed by atoms with Gasteiger partial charge >= 0.3 is 5.84 Å². The fourth-order valence-corrected chi connectivity index (χ4v) is 8.95. The maximum atomic E-state index is 9.30. The summed E-state index contributed by atoms with van der Waals surface area (Å²) in [5, 5.41) is 29.1. The molecule has 7 rings (SSSR count). The van der Waals surface area contributed by atoms with Crippen LogP contribution in [0.4, 0.5) is 10.0 Å². The van der Waals surface area contributed by atoms with Gasteiger partial charge in [-0.05, 0) is 63.5 Å². The maximum Gasteiger partial charge on any atom is 0.350 e. The molecule has 0 bridgehead atoms. The van der Waals surface area contributed by atoms with Crippen molar-refractivity contribution in [1.29, 1.82) is 15.8 Å². The van der Waals surface area contributed by atoms with E-state index in [1.54, 1.807) is 0 Å². The summed E-state index contributed by atoms with van der Waals surface area (Å²) < 4.78 is 13.8. The molecular formula is C32H24N6O2S2. The highest BCUT2D eigenvalue weighted by Crippen LogP contribution is 2.61. The first-order valence-electron chi connectivity index (χ1n) is 14.1. The van der Waals surface area contributed by atoms with Gasteiger partial charge in [0, 0.05) is 34.4 Å². The lowest BCUT2D eigenvalue weighted by atomic mass is 9.71. The second-order valence-electron chi connectivity index (χ2n) is 11.2. The highest BCUT2D eigenvalue weighted by molar-refractivity contribution is 7.20. The van der Waals surface area contributed by atoms with Crippen LogP contribution in [0.5, 0.6) is 11.5 Å². The first-order valence-corrected chi connectivity index (χ1v) is 15.8. The number of ether oxygens (including phenoxy) is 2. The number of nitriles is 3. The van der Waals surface area contributed by atoms with Crippen molar-refractivity contribution in [3.05, 3.63) is 46.8 Å². The summed E-state index contributed by atoms with van der Waals surface area (Å²) in [7, 11) is 0. The van der Waals surface area contributed by atoms with Crippen LogP contribution in [0.15, 0.2) is 34.3 Å². The summed E-state index contributed by atoms with van der Waals surface area (Å²) in [5.41, 5.74) is 3.42. The number of benzene rings is 1. The zero-order valence-corrected chi connectivity index (χ0v) is 24.3. The van der Waals surface area contributed by atoms with Gasteiger partial charge in [0.05, 0.1) is 9.75 Å². The van der Waals surface area contributed by atoms with Crippen LogP contribution in [-0.2, 0) is 11.2 Å². The van der Waals surface area contributed by atoms with Gasteiger partial charge in [-0.3, -0.25) is 0 Å². The fraction of sp³-hybridized carbons (Fsp3) is 0.375. The van der Waals surface area contributed by atoms with Gasteiger partial charge in [-0.25, -0.2) is 10.3 Å². The van der Waals surface area contributed by atoms with Crippen molar-refractivity contribution in [2.75, 3.05) is 0 Å². The molecule has 8 nitrogen and oxygen atoms in total. The van der Waals surface area contributed by atoms with Crippen LogP contribution in [0.1, 0.15) is 75.3 Å². The van der Waals surface area contributed by atoms with Crippen LogP contribution in [0.25, 0.3) is 25.7 Å². The Hall–Kier alpha value is -4.48. The van der Waals surface area contributed by atoms with Gasteiger partial charge < -0.3 is 14.3 Å². The third kappa shape index (κ3) is 4.11. The van der Waals surface area contributed by atoms with Gasteiger partial charge in [0.2, 0.25) is 10.7 Å². The Morgan fingerprint density at radius 2 is 1.19 bits per heavy atom. The van der Waals surface area contributed by atoms with Crippen molar-refractivity contribution >= 4 is 44.2 Å². The van der Waals surface area contributed by atoms with E-state index in [-0.39, 0.29) is 11.5 Å². The van der Waals surface area contributed by atoms with Crippen LogP contribution < -0.4 is 9.47 Å². The highest BCUT2D eigenvalue weighted by Gasteiger charge is 2.48. The van der Waals surface area contributed by atoms with Crippen LogP contribution in [0.2, 0.25) is 0 Å². The Morgan fingerprint density at radius 1 is 0.714 bits per heavy atom. The van der Waals surface area contributed by atoms with Crippen LogP contribution >= 0.6 is 22.7 Å². The molecule has 2 aliphatic carbocycles. The molecule has 206 valence electrons. The number of hydrogen-bond donors (Lipinski definition) is 0. The average Bonchev–Trinajstić information content (AvgIpc) is 3.62. The van der Waals surface area contributed by atoms with Crippen molar-refractivity contribution in [3.63, 3.8) is 0 Å². The van der Waals surface area contributed by atoms with E-state index in [0.717, 1.165) is 94.9 Å². The maximum absolute atomic E-state index is 9.30. The normalized spacial score (nSPS) is 18.8.